The molecule has 14 rings (SSSR count). The largest absolute Gasteiger partial charge is 0.485 e. The number of hydrogen-bond donors (Lipinski definition) is 0. The van der Waals surface area contributed by atoms with Crippen molar-refractivity contribution in [2.75, 3.05) is 0 Å². The molecule has 2 atom stereocenters. The highest BCUT2D eigenvalue weighted by molar-refractivity contribution is 6.15. The van der Waals surface area contributed by atoms with Crippen LogP contribution in [-0.4, -0.2) is 30.2 Å². The Morgan fingerprint density at radius 3 is 1.78 bits per heavy atom. The van der Waals surface area contributed by atoms with E-state index >= 15 is 0 Å². The Morgan fingerprint density at radius 2 is 0.970 bits per heavy atom. The Bertz CT molecular complexity index is 4030. The standard InChI is InChI=1S/C61H39N5O/c1-3-16-38(17-4-1)39-20-15-21-42(32-39)59-62-60(43-30-31-48-46-24-9-12-27-52(46)65(54(48)35-43)44-22-5-2-6-23-44)64-61(63-59)51-36-45(37-57-58(51)49-26-11-14-29-56(49)67-57)66-53-28-13-10-25-47(53)50-33-40-18-7-8-19-41(40)34-55(50)66/h1-37,57-58H. The normalized spacial score (nSPS) is 15.5. The molecular weight excluding hydrogens is 819 g/mol. The maximum Gasteiger partial charge on any atom is 0.164 e. The van der Waals surface area contributed by atoms with Gasteiger partial charge < -0.3 is 13.9 Å². The predicted octanol–water partition coefficient (Wildman–Crippen LogP) is 14.7. The third-order valence-corrected chi connectivity index (χ3v) is 13.7. The summed E-state index contributed by atoms with van der Waals surface area (Å²) in [4.78, 5) is 16.4. The first-order valence-corrected chi connectivity index (χ1v) is 22.8. The maximum atomic E-state index is 6.91. The average molecular weight is 858 g/mol. The number of ether oxygens (including phenoxy) is 1. The van der Waals surface area contributed by atoms with Gasteiger partial charge in [0.1, 0.15) is 11.9 Å². The summed E-state index contributed by atoms with van der Waals surface area (Å²) in [5.41, 5.74) is 12.7. The molecule has 1 aliphatic carbocycles. The van der Waals surface area contributed by atoms with Crippen molar-refractivity contribution in [1.29, 1.82) is 0 Å². The van der Waals surface area contributed by atoms with Gasteiger partial charge in [0.2, 0.25) is 0 Å². The third-order valence-electron chi connectivity index (χ3n) is 13.7. The van der Waals surface area contributed by atoms with Gasteiger partial charge in [-0.25, -0.2) is 15.0 Å². The molecule has 0 N–H and O–H groups in total. The molecule has 67 heavy (non-hydrogen) atoms. The van der Waals surface area contributed by atoms with Gasteiger partial charge in [-0.3, -0.25) is 0 Å². The van der Waals surface area contributed by atoms with Crippen LogP contribution in [0.15, 0.2) is 224 Å². The van der Waals surface area contributed by atoms with Gasteiger partial charge in [-0.15, -0.1) is 0 Å². The molecule has 3 aromatic heterocycles. The molecule has 0 fully saturated rings. The van der Waals surface area contributed by atoms with Crippen LogP contribution in [0.3, 0.4) is 0 Å². The van der Waals surface area contributed by atoms with E-state index in [2.05, 4.69) is 221 Å². The molecule has 0 saturated carbocycles. The SMILES string of the molecule is C1=C(c2nc(-c3cccc(-c4ccccc4)c3)nc(-c3ccc4c5ccccc5n(-c5ccccc5)c4c3)n2)C2c3ccccc3OC2C=C1n1c2ccccc2c2cc3ccccc3cc21. The summed E-state index contributed by atoms with van der Waals surface area (Å²) in [5, 5.41) is 7.16. The van der Waals surface area contributed by atoms with Crippen molar-refractivity contribution in [2.45, 2.75) is 12.0 Å². The van der Waals surface area contributed by atoms with Crippen LogP contribution in [0.4, 0.5) is 0 Å². The summed E-state index contributed by atoms with van der Waals surface area (Å²) in [6.45, 7) is 0. The van der Waals surface area contributed by atoms with E-state index in [1.807, 2.05) is 12.1 Å². The van der Waals surface area contributed by atoms with Crippen molar-refractivity contribution in [2.24, 2.45) is 0 Å². The van der Waals surface area contributed by atoms with Crippen LogP contribution in [0.5, 0.6) is 5.75 Å². The Hall–Kier alpha value is -8.87. The molecule has 12 aromatic rings. The maximum absolute atomic E-state index is 6.91. The second-order valence-corrected chi connectivity index (χ2v) is 17.5. The quantitative estimate of drug-likeness (QED) is 0.167. The highest BCUT2D eigenvalue weighted by atomic mass is 16.5. The number of allylic oxidation sites excluding steroid dienone is 2. The molecule has 0 bridgehead atoms. The first kappa shape index (κ1) is 37.5. The molecule has 1 aliphatic heterocycles. The van der Waals surface area contributed by atoms with Gasteiger partial charge in [-0.05, 0) is 88.6 Å². The first-order valence-electron chi connectivity index (χ1n) is 22.8. The van der Waals surface area contributed by atoms with E-state index in [1.165, 1.54) is 32.3 Å². The Morgan fingerprint density at radius 1 is 0.388 bits per heavy atom. The molecule has 4 heterocycles. The molecule has 0 saturated heterocycles. The number of aromatic nitrogens is 5. The summed E-state index contributed by atoms with van der Waals surface area (Å²) in [6.07, 6.45) is 4.29. The number of para-hydroxylation sites is 4. The minimum atomic E-state index is -0.299. The zero-order chi connectivity index (χ0) is 44.0. The van der Waals surface area contributed by atoms with Crippen LogP contribution >= 0.6 is 0 Å². The number of rotatable bonds is 6. The second kappa shape index (κ2) is 14.8. The molecule has 314 valence electrons. The number of hydrogen-bond acceptors (Lipinski definition) is 4. The lowest BCUT2D eigenvalue weighted by Gasteiger charge is -2.26. The zero-order valence-corrected chi connectivity index (χ0v) is 36.2. The fraction of sp³-hybridized carbons (Fsp3) is 0.0328. The van der Waals surface area contributed by atoms with Gasteiger partial charge in [-0.2, -0.15) is 0 Å². The molecule has 0 spiro atoms. The predicted molar refractivity (Wildman–Crippen MR) is 273 cm³/mol. The molecule has 6 heteroatoms. The number of nitrogens with zero attached hydrogens (tertiary/aromatic N) is 5. The van der Waals surface area contributed by atoms with Crippen LogP contribution in [0.2, 0.25) is 0 Å². The highest BCUT2D eigenvalue weighted by Gasteiger charge is 2.40. The van der Waals surface area contributed by atoms with Gasteiger partial charge in [0.05, 0.1) is 28.0 Å². The average Bonchev–Trinajstić information content (AvgIpc) is 4.05. The fourth-order valence-electron chi connectivity index (χ4n) is 10.6. The highest BCUT2D eigenvalue weighted by Crippen LogP contribution is 2.50. The van der Waals surface area contributed by atoms with E-state index in [9.17, 15) is 0 Å². The van der Waals surface area contributed by atoms with Crippen LogP contribution in [0.25, 0.3) is 105 Å². The molecule has 6 nitrogen and oxygen atoms in total. The summed E-state index contributed by atoms with van der Waals surface area (Å²) < 4.78 is 11.6. The van der Waals surface area contributed by atoms with Crippen molar-refractivity contribution in [3.05, 3.63) is 236 Å². The van der Waals surface area contributed by atoms with E-state index in [4.69, 9.17) is 19.7 Å². The molecular formula is C61H39N5O. The molecule has 2 aliphatic rings. The van der Waals surface area contributed by atoms with E-state index in [0.29, 0.717) is 17.5 Å². The van der Waals surface area contributed by atoms with Crippen LogP contribution in [-0.2, 0) is 0 Å². The van der Waals surface area contributed by atoms with Crippen molar-refractivity contribution in [3.8, 4) is 45.3 Å². The van der Waals surface area contributed by atoms with E-state index in [1.54, 1.807) is 0 Å². The lowest BCUT2D eigenvalue weighted by molar-refractivity contribution is 0.271. The van der Waals surface area contributed by atoms with Gasteiger partial charge in [0.25, 0.3) is 0 Å². The fourth-order valence-corrected chi connectivity index (χ4v) is 10.6. The topological polar surface area (TPSA) is 57.8 Å². The molecule has 0 radical (unpaired) electrons. The third kappa shape index (κ3) is 6.00. The summed E-state index contributed by atoms with van der Waals surface area (Å²) in [7, 11) is 0. The number of benzene rings is 9. The van der Waals surface area contributed by atoms with Crippen molar-refractivity contribution < 1.29 is 4.74 Å². The van der Waals surface area contributed by atoms with Gasteiger partial charge in [0.15, 0.2) is 17.5 Å². The lowest BCUT2D eigenvalue weighted by atomic mass is 9.83. The second-order valence-electron chi connectivity index (χ2n) is 17.5. The van der Waals surface area contributed by atoms with Crippen molar-refractivity contribution in [1.82, 2.24) is 24.1 Å². The number of fused-ring (bicyclic) bond motifs is 10. The molecule has 0 amide bonds. The Kier molecular flexibility index (Phi) is 8.31. The monoisotopic (exact) mass is 857 g/mol. The minimum absolute atomic E-state index is 0.157. The Balaban J connectivity index is 1.02. The van der Waals surface area contributed by atoms with Crippen molar-refractivity contribution >= 4 is 65.7 Å². The van der Waals surface area contributed by atoms with Gasteiger partial charge in [0, 0.05) is 55.2 Å². The van der Waals surface area contributed by atoms with Crippen LogP contribution in [0.1, 0.15) is 17.3 Å². The minimum Gasteiger partial charge on any atom is -0.485 e. The summed E-state index contributed by atoms with van der Waals surface area (Å²) >= 11 is 0. The van der Waals surface area contributed by atoms with Crippen molar-refractivity contribution in [3.63, 3.8) is 0 Å². The molecule has 9 aromatic carbocycles. The lowest BCUT2D eigenvalue weighted by Crippen LogP contribution is -2.23. The van der Waals surface area contributed by atoms with E-state index in [-0.39, 0.29) is 12.0 Å². The van der Waals surface area contributed by atoms with Gasteiger partial charge >= 0.3 is 0 Å². The Labute approximate surface area is 386 Å². The summed E-state index contributed by atoms with van der Waals surface area (Å²) in [6, 6.07) is 75.1. The first-order chi connectivity index (χ1) is 33.2. The van der Waals surface area contributed by atoms with Crippen LogP contribution < -0.4 is 4.74 Å². The van der Waals surface area contributed by atoms with Gasteiger partial charge in [-0.1, -0.05) is 158 Å². The molecule has 2 unspecified atom stereocenters. The zero-order valence-electron chi connectivity index (χ0n) is 36.2. The smallest absolute Gasteiger partial charge is 0.164 e. The van der Waals surface area contributed by atoms with E-state index < -0.39 is 0 Å². The van der Waals surface area contributed by atoms with Crippen LogP contribution in [0, 0.1) is 0 Å². The summed E-state index contributed by atoms with van der Waals surface area (Å²) in [5.74, 6) is 2.53. The van der Waals surface area contributed by atoms with E-state index in [0.717, 1.165) is 72.6 Å².